The normalized spacial score (nSPS) is 22.4. The molecule has 4 rings (SSSR count). The summed E-state index contributed by atoms with van der Waals surface area (Å²) >= 11 is 0. The Morgan fingerprint density at radius 1 is 1.17 bits per heavy atom. The first-order valence-electron chi connectivity index (χ1n) is 8.42. The maximum absolute atomic E-state index is 6.41. The average Bonchev–Trinajstić information content (AvgIpc) is 3.17. The van der Waals surface area contributed by atoms with E-state index in [1.165, 1.54) is 30.4 Å². The highest BCUT2D eigenvalue weighted by Gasteiger charge is 2.36. The average molecular weight is 334 g/mol. The minimum Gasteiger partial charge on any atom is -0.339 e. The highest BCUT2D eigenvalue weighted by atomic mass is 35.5. The summed E-state index contributed by atoms with van der Waals surface area (Å²) in [5.41, 5.74) is 9.03. The van der Waals surface area contributed by atoms with E-state index < -0.39 is 0 Å². The van der Waals surface area contributed by atoms with E-state index in [0.717, 1.165) is 43.8 Å². The van der Waals surface area contributed by atoms with Gasteiger partial charge in [-0.1, -0.05) is 42.3 Å². The third-order valence-corrected chi connectivity index (χ3v) is 5.32. The van der Waals surface area contributed by atoms with Gasteiger partial charge in [0.15, 0.2) is 5.82 Å². The monoisotopic (exact) mass is 333 g/mol. The third-order valence-electron chi connectivity index (χ3n) is 5.32. The van der Waals surface area contributed by atoms with Gasteiger partial charge in [0.25, 0.3) is 0 Å². The summed E-state index contributed by atoms with van der Waals surface area (Å²) in [6.45, 7) is 0. The van der Waals surface area contributed by atoms with Gasteiger partial charge in [0, 0.05) is 6.42 Å². The molecule has 2 N–H and O–H groups in total. The molecule has 5 heteroatoms. The highest BCUT2D eigenvalue weighted by Crippen LogP contribution is 2.35. The van der Waals surface area contributed by atoms with E-state index in [4.69, 9.17) is 10.3 Å². The molecule has 2 aromatic rings. The standard InChI is InChI=1S/C18H23N3O.ClH/c19-18(9-3-4-10-18)17-20-16(22-21-17)12-13-7-8-14-5-1-2-6-15(14)11-13;/h1-2,5-6,13H,3-4,7-12,19H2;1H. The van der Waals surface area contributed by atoms with Crippen molar-refractivity contribution in [1.82, 2.24) is 10.1 Å². The molecule has 1 aromatic heterocycles. The molecular formula is C18H24ClN3O. The molecule has 23 heavy (non-hydrogen) atoms. The van der Waals surface area contributed by atoms with Crippen molar-refractivity contribution in [3.63, 3.8) is 0 Å². The Morgan fingerprint density at radius 2 is 1.91 bits per heavy atom. The first-order chi connectivity index (χ1) is 10.7. The van der Waals surface area contributed by atoms with Gasteiger partial charge in [-0.2, -0.15) is 4.98 Å². The summed E-state index contributed by atoms with van der Waals surface area (Å²) < 4.78 is 5.49. The topological polar surface area (TPSA) is 64.9 Å². The van der Waals surface area contributed by atoms with Crippen molar-refractivity contribution in [1.29, 1.82) is 0 Å². The smallest absolute Gasteiger partial charge is 0.227 e. The lowest BCUT2D eigenvalue weighted by Gasteiger charge is -2.23. The zero-order valence-electron chi connectivity index (χ0n) is 13.3. The van der Waals surface area contributed by atoms with E-state index in [1.807, 2.05) is 0 Å². The zero-order chi connectivity index (χ0) is 15.0. The first kappa shape index (κ1) is 16.5. The summed E-state index contributed by atoms with van der Waals surface area (Å²) in [7, 11) is 0. The minimum absolute atomic E-state index is 0. The van der Waals surface area contributed by atoms with Crippen LogP contribution in [0.3, 0.4) is 0 Å². The van der Waals surface area contributed by atoms with E-state index in [2.05, 4.69) is 34.4 Å². The third kappa shape index (κ3) is 3.29. The van der Waals surface area contributed by atoms with Gasteiger partial charge < -0.3 is 10.3 Å². The lowest BCUT2D eigenvalue weighted by atomic mass is 9.82. The first-order valence-corrected chi connectivity index (χ1v) is 8.42. The van der Waals surface area contributed by atoms with Gasteiger partial charge in [-0.05, 0) is 49.1 Å². The van der Waals surface area contributed by atoms with Gasteiger partial charge in [-0.15, -0.1) is 12.4 Å². The van der Waals surface area contributed by atoms with Crippen molar-refractivity contribution in [3.8, 4) is 0 Å². The number of halogens is 1. The SMILES string of the molecule is Cl.NC1(c2noc(CC3CCc4ccccc4C3)n2)CCCC1. The van der Waals surface area contributed by atoms with Crippen LogP contribution in [-0.4, -0.2) is 10.1 Å². The molecule has 1 saturated carbocycles. The van der Waals surface area contributed by atoms with Crippen LogP contribution >= 0.6 is 12.4 Å². The predicted octanol–water partition coefficient (Wildman–Crippen LogP) is 3.57. The Hall–Kier alpha value is -1.39. The second-order valence-corrected chi connectivity index (χ2v) is 6.96. The van der Waals surface area contributed by atoms with Gasteiger partial charge in [0.05, 0.1) is 5.54 Å². The number of hydrogen-bond acceptors (Lipinski definition) is 4. The molecule has 0 saturated heterocycles. The Balaban J connectivity index is 0.00000156. The molecule has 124 valence electrons. The fourth-order valence-electron chi connectivity index (χ4n) is 3.96. The molecule has 2 aliphatic rings. The van der Waals surface area contributed by atoms with Crippen LogP contribution in [0.5, 0.6) is 0 Å². The van der Waals surface area contributed by atoms with Crippen molar-refractivity contribution in [2.24, 2.45) is 11.7 Å². The molecule has 1 unspecified atom stereocenters. The van der Waals surface area contributed by atoms with Crippen LogP contribution in [0.2, 0.25) is 0 Å². The van der Waals surface area contributed by atoms with Crippen molar-refractivity contribution >= 4 is 12.4 Å². The molecule has 1 atom stereocenters. The molecule has 2 aliphatic carbocycles. The lowest BCUT2D eigenvalue weighted by Crippen LogP contribution is -2.34. The number of fused-ring (bicyclic) bond motifs is 1. The summed E-state index contributed by atoms with van der Waals surface area (Å²) in [6, 6.07) is 8.75. The largest absolute Gasteiger partial charge is 0.339 e. The van der Waals surface area contributed by atoms with Gasteiger partial charge in [-0.25, -0.2) is 0 Å². The van der Waals surface area contributed by atoms with E-state index >= 15 is 0 Å². The second kappa shape index (κ2) is 6.62. The predicted molar refractivity (Wildman–Crippen MR) is 91.5 cm³/mol. The maximum Gasteiger partial charge on any atom is 0.227 e. The van der Waals surface area contributed by atoms with Crippen LogP contribution in [-0.2, 0) is 24.8 Å². The molecule has 0 aliphatic heterocycles. The summed E-state index contributed by atoms with van der Waals surface area (Å²) in [6.07, 6.45) is 8.62. The van der Waals surface area contributed by atoms with E-state index in [0.29, 0.717) is 5.92 Å². The summed E-state index contributed by atoms with van der Waals surface area (Å²) in [5, 5.41) is 4.17. The van der Waals surface area contributed by atoms with Gasteiger partial charge in [0.1, 0.15) is 0 Å². The molecule has 1 aromatic carbocycles. The van der Waals surface area contributed by atoms with Gasteiger partial charge in [-0.3, -0.25) is 0 Å². The fourth-order valence-corrected chi connectivity index (χ4v) is 3.96. The van der Waals surface area contributed by atoms with Crippen LogP contribution < -0.4 is 5.73 Å². The van der Waals surface area contributed by atoms with Crippen LogP contribution in [0.15, 0.2) is 28.8 Å². The van der Waals surface area contributed by atoms with E-state index in [-0.39, 0.29) is 17.9 Å². The number of aromatic nitrogens is 2. The molecule has 1 fully saturated rings. The van der Waals surface area contributed by atoms with Crippen molar-refractivity contribution < 1.29 is 4.52 Å². The molecule has 0 bridgehead atoms. The van der Waals surface area contributed by atoms with Gasteiger partial charge >= 0.3 is 0 Å². The Labute approximate surface area is 143 Å². The number of aryl methyl sites for hydroxylation is 1. The van der Waals surface area contributed by atoms with Crippen molar-refractivity contribution in [2.75, 3.05) is 0 Å². The lowest BCUT2D eigenvalue weighted by molar-refractivity contribution is 0.325. The fraction of sp³-hybridized carbons (Fsp3) is 0.556. The van der Waals surface area contributed by atoms with E-state index in [1.54, 1.807) is 0 Å². The Morgan fingerprint density at radius 3 is 2.70 bits per heavy atom. The zero-order valence-corrected chi connectivity index (χ0v) is 14.1. The maximum atomic E-state index is 6.41. The van der Waals surface area contributed by atoms with E-state index in [9.17, 15) is 0 Å². The summed E-state index contributed by atoms with van der Waals surface area (Å²) in [5.74, 6) is 2.08. The van der Waals surface area contributed by atoms with Crippen molar-refractivity contribution in [2.45, 2.75) is 56.9 Å². The Bertz CT molecular complexity index is 664. The second-order valence-electron chi connectivity index (χ2n) is 6.96. The van der Waals surface area contributed by atoms with Crippen LogP contribution in [0.25, 0.3) is 0 Å². The number of hydrogen-bond donors (Lipinski definition) is 1. The quantitative estimate of drug-likeness (QED) is 0.932. The highest BCUT2D eigenvalue weighted by molar-refractivity contribution is 5.85. The van der Waals surface area contributed by atoms with Crippen LogP contribution in [0.4, 0.5) is 0 Å². The van der Waals surface area contributed by atoms with Crippen LogP contribution in [0.1, 0.15) is 54.9 Å². The number of nitrogens with zero attached hydrogens (tertiary/aromatic N) is 2. The molecule has 0 amide bonds. The molecular weight excluding hydrogens is 310 g/mol. The number of benzene rings is 1. The molecule has 4 nitrogen and oxygen atoms in total. The molecule has 0 radical (unpaired) electrons. The molecule has 0 spiro atoms. The Kier molecular flexibility index (Phi) is 4.74. The molecule has 1 heterocycles. The summed E-state index contributed by atoms with van der Waals surface area (Å²) in [4.78, 5) is 4.61. The number of rotatable bonds is 3. The van der Waals surface area contributed by atoms with Gasteiger partial charge in [0.2, 0.25) is 5.89 Å². The van der Waals surface area contributed by atoms with Crippen molar-refractivity contribution in [3.05, 3.63) is 47.1 Å². The van der Waals surface area contributed by atoms with Crippen LogP contribution in [0, 0.1) is 5.92 Å². The number of nitrogens with two attached hydrogens (primary N) is 1. The minimum atomic E-state index is -0.346.